The number of aliphatic hydroxyl groups is 1. The minimum Gasteiger partial charge on any atom is -0.477 e. The molecule has 0 unspecified atom stereocenters. The lowest BCUT2D eigenvalue weighted by atomic mass is 10.0. The average Bonchev–Trinajstić information content (AvgIpc) is 3.33. The van der Waals surface area contributed by atoms with Gasteiger partial charge in [-0.25, -0.2) is 9.18 Å². The Balaban J connectivity index is 1.97. The lowest BCUT2D eigenvalue weighted by Gasteiger charge is -2.24. The molecule has 2 aromatic heterocycles. The molecule has 0 amide bonds. The molecule has 1 aliphatic heterocycles. The van der Waals surface area contributed by atoms with Gasteiger partial charge in [0.25, 0.3) is 5.56 Å². The van der Waals surface area contributed by atoms with Gasteiger partial charge in [0.05, 0.1) is 17.4 Å². The van der Waals surface area contributed by atoms with Crippen LogP contribution < -0.4 is 10.5 Å². The van der Waals surface area contributed by atoms with E-state index in [0.717, 1.165) is 35.4 Å². The number of rotatable bonds is 4. The molecular weight excluding hydrogens is 339 g/mol. The van der Waals surface area contributed by atoms with Crippen molar-refractivity contribution in [2.45, 2.75) is 32.1 Å². The third-order valence-electron chi connectivity index (χ3n) is 5.55. The third-order valence-corrected chi connectivity index (χ3v) is 5.55. The number of aryl methyl sites for hydroxylation is 1. The van der Waals surface area contributed by atoms with Crippen LogP contribution in [0.25, 0.3) is 5.52 Å². The second kappa shape index (κ2) is 6.09. The first-order valence-corrected chi connectivity index (χ1v) is 8.89. The monoisotopic (exact) mass is 360 g/mol. The van der Waals surface area contributed by atoms with Gasteiger partial charge in [0.1, 0.15) is 5.56 Å². The number of anilines is 1. The molecule has 2 aliphatic rings. The Morgan fingerprint density at radius 2 is 2.08 bits per heavy atom. The van der Waals surface area contributed by atoms with E-state index in [1.807, 2.05) is 4.90 Å². The molecule has 0 radical (unpaired) electrons. The van der Waals surface area contributed by atoms with Crippen LogP contribution in [0, 0.1) is 18.7 Å². The SMILES string of the molecule is Cc1c(N2CC[C@H](CO)C2)c(F)cn2c(=O)c(C(=O)O)cc(C3CC3)c12. The third kappa shape index (κ3) is 2.58. The van der Waals surface area contributed by atoms with Crippen LogP contribution in [-0.4, -0.2) is 40.3 Å². The van der Waals surface area contributed by atoms with Crippen molar-refractivity contribution in [1.29, 1.82) is 0 Å². The number of aliphatic hydroxyl groups excluding tert-OH is 1. The van der Waals surface area contributed by atoms with Gasteiger partial charge >= 0.3 is 5.97 Å². The largest absolute Gasteiger partial charge is 0.477 e. The van der Waals surface area contributed by atoms with E-state index in [9.17, 15) is 24.2 Å². The highest BCUT2D eigenvalue weighted by atomic mass is 19.1. The van der Waals surface area contributed by atoms with E-state index in [1.165, 1.54) is 6.07 Å². The van der Waals surface area contributed by atoms with Crippen LogP contribution in [0.15, 0.2) is 17.1 Å². The van der Waals surface area contributed by atoms with Crippen LogP contribution >= 0.6 is 0 Å². The highest BCUT2D eigenvalue weighted by Crippen LogP contribution is 2.44. The molecular formula is C19H21FN2O4. The Bertz CT molecular complexity index is 964. The van der Waals surface area contributed by atoms with Gasteiger partial charge in [-0.2, -0.15) is 0 Å². The maximum Gasteiger partial charge on any atom is 0.341 e. The van der Waals surface area contributed by atoms with Gasteiger partial charge in [-0.15, -0.1) is 0 Å². The number of carbonyl (C=O) groups is 1. The lowest BCUT2D eigenvalue weighted by molar-refractivity contribution is 0.0694. The number of nitrogens with zero attached hydrogens (tertiary/aromatic N) is 2. The van der Waals surface area contributed by atoms with E-state index in [0.29, 0.717) is 29.9 Å². The van der Waals surface area contributed by atoms with Crippen LogP contribution in [-0.2, 0) is 0 Å². The van der Waals surface area contributed by atoms with Gasteiger partial charge in [-0.3, -0.25) is 9.20 Å². The van der Waals surface area contributed by atoms with E-state index in [1.54, 1.807) is 6.92 Å². The summed E-state index contributed by atoms with van der Waals surface area (Å²) in [6, 6.07) is 1.47. The molecule has 0 aromatic carbocycles. The molecule has 6 nitrogen and oxygen atoms in total. The van der Waals surface area contributed by atoms with Crippen LogP contribution in [0.5, 0.6) is 0 Å². The zero-order valence-corrected chi connectivity index (χ0v) is 14.5. The summed E-state index contributed by atoms with van der Waals surface area (Å²) in [7, 11) is 0. The van der Waals surface area contributed by atoms with E-state index in [4.69, 9.17) is 0 Å². The zero-order valence-electron chi connectivity index (χ0n) is 14.5. The average molecular weight is 360 g/mol. The smallest absolute Gasteiger partial charge is 0.341 e. The molecule has 26 heavy (non-hydrogen) atoms. The molecule has 2 N–H and O–H groups in total. The fraction of sp³-hybridized carbons (Fsp3) is 0.474. The second-order valence-electron chi connectivity index (χ2n) is 7.35. The lowest BCUT2D eigenvalue weighted by Crippen LogP contribution is -2.27. The number of hydrogen-bond donors (Lipinski definition) is 2. The summed E-state index contributed by atoms with van der Waals surface area (Å²) >= 11 is 0. The number of pyridine rings is 2. The minimum atomic E-state index is -1.29. The second-order valence-corrected chi connectivity index (χ2v) is 7.35. The van der Waals surface area contributed by atoms with Crippen molar-refractivity contribution >= 4 is 17.2 Å². The summed E-state index contributed by atoms with van der Waals surface area (Å²) in [5.41, 5.74) is 1.49. The van der Waals surface area contributed by atoms with Crippen molar-refractivity contribution in [2.75, 3.05) is 24.6 Å². The number of aromatic nitrogens is 1. The molecule has 3 heterocycles. The molecule has 4 rings (SSSR count). The number of hydrogen-bond acceptors (Lipinski definition) is 4. The first kappa shape index (κ1) is 17.0. The highest BCUT2D eigenvalue weighted by molar-refractivity contribution is 5.89. The van der Waals surface area contributed by atoms with Gasteiger partial charge in [-0.1, -0.05) is 0 Å². The van der Waals surface area contributed by atoms with Crippen molar-refractivity contribution in [3.05, 3.63) is 45.1 Å². The Morgan fingerprint density at radius 3 is 2.65 bits per heavy atom. The standard InChI is InChI=1S/C19H21FN2O4/c1-10-16-13(12-2-3-12)6-14(19(25)26)18(24)22(16)8-15(20)17(10)21-5-4-11(7-21)9-23/h6,8,11-12,23H,2-5,7,9H2,1H3,(H,25,26)/t11-/m0/s1. The molecule has 138 valence electrons. The predicted molar refractivity (Wildman–Crippen MR) is 94.7 cm³/mol. The van der Waals surface area contributed by atoms with Crippen molar-refractivity contribution in [1.82, 2.24) is 4.40 Å². The Labute approximate surface area is 149 Å². The summed E-state index contributed by atoms with van der Waals surface area (Å²) in [4.78, 5) is 25.9. The zero-order chi connectivity index (χ0) is 18.6. The van der Waals surface area contributed by atoms with Crippen molar-refractivity contribution < 1.29 is 19.4 Å². The first-order valence-electron chi connectivity index (χ1n) is 8.89. The van der Waals surface area contributed by atoms with Crippen LogP contribution in [0.1, 0.15) is 46.7 Å². The molecule has 0 spiro atoms. The maximum absolute atomic E-state index is 14.9. The molecule has 7 heteroatoms. The summed E-state index contributed by atoms with van der Waals surface area (Å²) < 4.78 is 16.1. The molecule has 1 saturated heterocycles. The van der Waals surface area contributed by atoms with E-state index >= 15 is 0 Å². The van der Waals surface area contributed by atoms with Crippen LogP contribution in [0.4, 0.5) is 10.1 Å². The van der Waals surface area contributed by atoms with Crippen LogP contribution in [0.2, 0.25) is 0 Å². The molecule has 1 saturated carbocycles. The Morgan fingerprint density at radius 1 is 1.35 bits per heavy atom. The fourth-order valence-electron chi connectivity index (χ4n) is 4.07. The number of halogens is 1. The molecule has 2 aromatic rings. The summed E-state index contributed by atoms with van der Waals surface area (Å²) in [5, 5.41) is 18.7. The maximum atomic E-state index is 14.9. The molecule has 2 fully saturated rings. The number of carboxylic acid groups (broad SMARTS) is 1. The first-order chi connectivity index (χ1) is 12.4. The number of aromatic carboxylic acids is 1. The van der Waals surface area contributed by atoms with Gasteiger partial charge in [0, 0.05) is 25.6 Å². The molecule has 0 bridgehead atoms. The van der Waals surface area contributed by atoms with E-state index < -0.39 is 17.3 Å². The minimum absolute atomic E-state index is 0.0690. The quantitative estimate of drug-likeness (QED) is 0.873. The molecule has 1 atom stereocenters. The number of fused-ring (bicyclic) bond motifs is 1. The topological polar surface area (TPSA) is 82.2 Å². The Hall–Kier alpha value is -2.41. The van der Waals surface area contributed by atoms with Gasteiger partial charge < -0.3 is 15.1 Å². The predicted octanol–water partition coefficient (Wildman–Crippen LogP) is 2.14. The van der Waals surface area contributed by atoms with Crippen LogP contribution in [0.3, 0.4) is 0 Å². The van der Waals surface area contributed by atoms with Gasteiger partial charge in [0.15, 0.2) is 5.82 Å². The highest BCUT2D eigenvalue weighted by Gasteiger charge is 2.32. The van der Waals surface area contributed by atoms with Gasteiger partial charge in [-0.05, 0) is 49.3 Å². The number of carboxylic acids is 1. The van der Waals surface area contributed by atoms with Gasteiger partial charge in [0.2, 0.25) is 0 Å². The normalized spacial score (nSPS) is 20.1. The van der Waals surface area contributed by atoms with Crippen molar-refractivity contribution in [3.63, 3.8) is 0 Å². The summed E-state index contributed by atoms with van der Waals surface area (Å²) in [5.74, 6) is -1.51. The van der Waals surface area contributed by atoms with Crippen molar-refractivity contribution in [3.8, 4) is 0 Å². The van der Waals surface area contributed by atoms with Crippen molar-refractivity contribution in [2.24, 2.45) is 5.92 Å². The summed E-state index contributed by atoms with van der Waals surface area (Å²) in [6.07, 6.45) is 3.79. The van der Waals surface area contributed by atoms with E-state index in [-0.39, 0.29) is 24.0 Å². The Kier molecular flexibility index (Phi) is 3.99. The molecule has 1 aliphatic carbocycles. The summed E-state index contributed by atoms with van der Waals surface area (Å²) in [6.45, 7) is 3.07. The van der Waals surface area contributed by atoms with E-state index in [2.05, 4.69) is 0 Å². The fourth-order valence-corrected chi connectivity index (χ4v) is 4.07.